The quantitative estimate of drug-likeness (QED) is 0.567. The standard InChI is InChI=1S/C25H26FN3OS/c1-15-3-8-21(24-27-9-10-31-24)22(11-15)25(30)29-20-12-17(13-20)16(2)23(29)14-28-19-6-4-18(26)5-7-19/h3-11,16-17,20,23,28H,12-14H2,1-2H3/t16-,17?,20?,23?/m1/s1. The molecule has 0 spiro atoms. The van der Waals surface area contributed by atoms with E-state index < -0.39 is 0 Å². The number of halogens is 1. The third-order valence-corrected chi connectivity index (χ3v) is 7.72. The van der Waals surface area contributed by atoms with E-state index in [0.29, 0.717) is 24.4 Å². The zero-order chi connectivity index (χ0) is 21.5. The second-order valence-electron chi connectivity index (χ2n) is 8.80. The van der Waals surface area contributed by atoms with Gasteiger partial charge < -0.3 is 10.2 Å². The van der Waals surface area contributed by atoms with E-state index in [0.717, 1.165) is 40.2 Å². The molecule has 160 valence electrons. The van der Waals surface area contributed by atoms with Gasteiger partial charge in [0.2, 0.25) is 0 Å². The Hall–Kier alpha value is -2.73. The molecule has 3 aromatic rings. The average molecular weight is 436 g/mol. The minimum Gasteiger partial charge on any atom is -0.383 e. The first kappa shape index (κ1) is 20.2. The minimum absolute atomic E-state index is 0.0924. The lowest BCUT2D eigenvalue weighted by molar-refractivity contribution is -0.0501. The van der Waals surface area contributed by atoms with E-state index in [4.69, 9.17) is 0 Å². The number of benzene rings is 2. The Morgan fingerprint density at radius 2 is 2.00 bits per heavy atom. The van der Waals surface area contributed by atoms with E-state index >= 15 is 0 Å². The van der Waals surface area contributed by atoms with Gasteiger partial charge in [-0.2, -0.15) is 0 Å². The van der Waals surface area contributed by atoms with Gasteiger partial charge in [0.05, 0.1) is 11.6 Å². The van der Waals surface area contributed by atoms with Crippen molar-refractivity contribution in [3.05, 3.63) is 71.0 Å². The number of aryl methyl sites for hydroxylation is 1. The summed E-state index contributed by atoms with van der Waals surface area (Å²) in [6.07, 6.45) is 3.94. The molecule has 6 rings (SSSR count). The van der Waals surface area contributed by atoms with E-state index in [1.165, 1.54) is 12.1 Å². The maximum atomic E-state index is 13.9. The zero-order valence-electron chi connectivity index (χ0n) is 17.7. The molecular formula is C25H26FN3OS. The SMILES string of the molecule is Cc1ccc(-c2nccs2)c(C(=O)N2C3CC(C3)[C@@H](C)C2CNc2ccc(F)cc2)c1. The van der Waals surface area contributed by atoms with Crippen molar-refractivity contribution in [3.8, 4) is 10.6 Å². The molecule has 4 nitrogen and oxygen atoms in total. The van der Waals surface area contributed by atoms with Gasteiger partial charge in [-0.1, -0.05) is 24.6 Å². The number of nitrogens with one attached hydrogen (secondary N) is 1. The molecule has 1 amide bonds. The number of piperidine rings is 2. The normalized spacial score (nSPS) is 24.5. The largest absolute Gasteiger partial charge is 0.383 e. The summed E-state index contributed by atoms with van der Waals surface area (Å²) in [4.78, 5) is 20.5. The summed E-state index contributed by atoms with van der Waals surface area (Å²) in [5.41, 5.74) is 3.59. The molecule has 2 atom stereocenters. The van der Waals surface area contributed by atoms with Gasteiger partial charge in [-0.05, 0) is 61.9 Å². The average Bonchev–Trinajstić information content (AvgIpc) is 3.27. The Morgan fingerprint density at radius 1 is 1.23 bits per heavy atom. The van der Waals surface area contributed by atoms with Crippen LogP contribution in [0.25, 0.3) is 10.6 Å². The van der Waals surface area contributed by atoms with Crippen LogP contribution in [0, 0.1) is 24.6 Å². The van der Waals surface area contributed by atoms with Crippen LogP contribution in [0.4, 0.5) is 10.1 Å². The van der Waals surface area contributed by atoms with Gasteiger partial charge in [-0.3, -0.25) is 4.79 Å². The van der Waals surface area contributed by atoms with Crippen LogP contribution in [0.1, 0.15) is 35.7 Å². The van der Waals surface area contributed by atoms with Crippen molar-refractivity contribution >= 4 is 22.9 Å². The molecule has 3 aliphatic rings. The fraction of sp³-hybridized carbons (Fsp3) is 0.360. The predicted molar refractivity (Wildman–Crippen MR) is 123 cm³/mol. The summed E-state index contributed by atoms with van der Waals surface area (Å²) in [7, 11) is 0. The van der Waals surface area contributed by atoms with Crippen LogP contribution in [-0.2, 0) is 0 Å². The molecule has 2 aromatic carbocycles. The molecule has 3 fully saturated rings. The Bertz CT molecular complexity index is 1080. The van der Waals surface area contributed by atoms with Gasteiger partial charge in [0, 0.05) is 35.4 Å². The van der Waals surface area contributed by atoms with E-state index in [9.17, 15) is 9.18 Å². The molecule has 1 N–H and O–H groups in total. The maximum absolute atomic E-state index is 13.9. The van der Waals surface area contributed by atoms with Gasteiger partial charge >= 0.3 is 0 Å². The summed E-state index contributed by atoms with van der Waals surface area (Å²) < 4.78 is 13.3. The Kier molecular flexibility index (Phi) is 5.26. The Balaban J connectivity index is 1.45. The lowest BCUT2D eigenvalue weighted by Crippen LogP contribution is -2.64. The molecule has 1 saturated carbocycles. The number of carbonyl (C=O) groups is 1. The molecule has 1 aliphatic carbocycles. The van der Waals surface area contributed by atoms with Gasteiger partial charge in [0.25, 0.3) is 5.91 Å². The third kappa shape index (κ3) is 3.74. The van der Waals surface area contributed by atoms with Crippen LogP contribution in [0.5, 0.6) is 0 Å². The monoisotopic (exact) mass is 435 g/mol. The number of hydrogen-bond acceptors (Lipinski definition) is 4. The number of thiazole rings is 1. The van der Waals surface area contributed by atoms with Crippen LogP contribution in [0.15, 0.2) is 54.0 Å². The van der Waals surface area contributed by atoms with Gasteiger partial charge in [0.15, 0.2) is 0 Å². The molecule has 1 unspecified atom stereocenters. The lowest BCUT2D eigenvalue weighted by Gasteiger charge is -2.57. The summed E-state index contributed by atoms with van der Waals surface area (Å²) in [5, 5.41) is 6.25. The molecule has 2 saturated heterocycles. The highest BCUT2D eigenvalue weighted by atomic mass is 32.1. The second kappa shape index (κ2) is 8.08. The molecule has 3 heterocycles. The number of anilines is 1. The van der Waals surface area contributed by atoms with E-state index in [1.807, 2.05) is 30.5 Å². The fourth-order valence-corrected chi connectivity index (χ4v) is 5.71. The summed E-state index contributed by atoms with van der Waals surface area (Å²) in [6.45, 7) is 4.94. The summed E-state index contributed by atoms with van der Waals surface area (Å²) in [5.74, 6) is 0.929. The number of fused-ring (bicyclic) bond motifs is 2. The van der Waals surface area contributed by atoms with Crippen molar-refractivity contribution < 1.29 is 9.18 Å². The van der Waals surface area contributed by atoms with Crippen molar-refractivity contribution in [2.24, 2.45) is 11.8 Å². The zero-order valence-corrected chi connectivity index (χ0v) is 18.5. The maximum Gasteiger partial charge on any atom is 0.255 e. The predicted octanol–water partition coefficient (Wildman–Crippen LogP) is 5.61. The van der Waals surface area contributed by atoms with Crippen LogP contribution in [0.2, 0.25) is 0 Å². The van der Waals surface area contributed by atoms with E-state index in [1.54, 1.807) is 29.7 Å². The molecule has 1 aromatic heterocycles. The lowest BCUT2D eigenvalue weighted by atomic mass is 9.64. The van der Waals surface area contributed by atoms with Gasteiger partial charge in [0.1, 0.15) is 10.8 Å². The first-order chi connectivity index (χ1) is 15.0. The second-order valence-corrected chi connectivity index (χ2v) is 9.69. The number of rotatable bonds is 5. The van der Waals surface area contributed by atoms with Crippen molar-refractivity contribution in [2.45, 2.75) is 38.8 Å². The smallest absolute Gasteiger partial charge is 0.255 e. The molecule has 0 radical (unpaired) electrons. The highest BCUT2D eigenvalue weighted by Crippen LogP contribution is 2.47. The van der Waals surface area contributed by atoms with Crippen LogP contribution in [-0.4, -0.2) is 34.4 Å². The third-order valence-electron chi connectivity index (χ3n) is 6.91. The topological polar surface area (TPSA) is 45.2 Å². The van der Waals surface area contributed by atoms with E-state index in [-0.39, 0.29) is 17.8 Å². The minimum atomic E-state index is -0.246. The van der Waals surface area contributed by atoms with Crippen molar-refractivity contribution in [2.75, 3.05) is 11.9 Å². The summed E-state index contributed by atoms with van der Waals surface area (Å²) in [6, 6.07) is 12.9. The number of hydrogen-bond donors (Lipinski definition) is 1. The number of amides is 1. The first-order valence-corrected chi connectivity index (χ1v) is 11.7. The number of aromatic nitrogens is 1. The van der Waals surface area contributed by atoms with Crippen LogP contribution in [0.3, 0.4) is 0 Å². The fourth-order valence-electron chi connectivity index (χ4n) is 5.03. The van der Waals surface area contributed by atoms with E-state index in [2.05, 4.69) is 22.1 Å². The molecule has 2 aliphatic heterocycles. The van der Waals surface area contributed by atoms with Crippen molar-refractivity contribution in [1.29, 1.82) is 0 Å². The highest BCUT2D eigenvalue weighted by Gasteiger charge is 2.50. The Morgan fingerprint density at radius 3 is 2.71 bits per heavy atom. The van der Waals surface area contributed by atoms with Crippen molar-refractivity contribution in [1.82, 2.24) is 9.88 Å². The van der Waals surface area contributed by atoms with Crippen LogP contribution >= 0.6 is 11.3 Å². The highest BCUT2D eigenvalue weighted by molar-refractivity contribution is 7.13. The molecule has 31 heavy (non-hydrogen) atoms. The molecule has 6 heteroatoms. The summed E-state index contributed by atoms with van der Waals surface area (Å²) >= 11 is 1.56. The number of nitrogens with zero attached hydrogens (tertiary/aromatic N) is 2. The van der Waals surface area contributed by atoms with Gasteiger partial charge in [-0.25, -0.2) is 9.37 Å². The van der Waals surface area contributed by atoms with Crippen molar-refractivity contribution in [3.63, 3.8) is 0 Å². The molecule has 2 bridgehead atoms. The Labute approximate surface area is 186 Å². The number of carbonyl (C=O) groups excluding carboxylic acids is 1. The first-order valence-electron chi connectivity index (χ1n) is 10.8. The molecular weight excluding hydrogens is 409 g/mol. The van der Waals surface area contributed by atoms with Gasteiger partial charge in [-0.15, -0.1) is 11.3 Å². The van der Waals surface area contributed by atoms with Crippen LogP contribution < -0.4 is 5.32 Å².